The summed E-state index contributed by atoms with van der Waals surface area (Å²) in [6.07, 6.45) is 1.85. The van der Waals surface area contributed by atoms with Crippen LogP contribution in [0.3, 0.4) is 0 Å². The Labute approximate surface area is 128 Å². The van der Waals surface area contributed by atoms with Gasteiger partial charge in [-0.25, -0.2) is 0 Å². The lowest BCUT2D eigenvalue weighted by Crippen LogP contribution is -2.38. The van der Waals surface area contributed by atoms with Crippen LogP contribution in [-0.2, 0) is 16.0 Å². The molecule has 0 aliphatic carbocycles. The van der Waals surface area contributed by atoms with E-state index in [2.05, 4.69) is 0 Å². The third-order valence-electron chi connectivity index (χ3n) is 4.06. The number of carbonyl (C=O) groups is 2. The molecule has 0 bridgehead atoms. The van der Waals surface area contributed by atoms with E-state index in [4.69, 9.17) is 14.6 Å². The molecule has 0 radical (unpaired) electrons. The first-order valence-electron chi connectivity index (χ1n) is 7.50. The van der Waals surface area contributed by atoms with Crippen molar-refractivity contribution in [1.29, 1.82) is 0 Å². The lowest BCUT2D eigenvalue weighted by atomic mass is 10.0. The SMILES string of the molecule is O=C(O)C1COCCN(C(=O)c2ccc3c(c2)CCCO3)C1. The van der Waals surface area contributed by atoms with Crippen LogP contribution in [0, 0.1) is 5.92 Å². The number of aryl methyl sites for hydroxylation is 1. The van der Waals surface area contributed by atoms with E-state index >= 15 is 0 Å². The fraction of sp³-hybridized carbons (Fsp3) is 0.500. The number of ether oxygens (including phenoxy) is 2. The van der Waals surface area contributed by atoms with Gasteiger partial charge < -0.3 is 19.5 Å². The molecule has 1 fully saturated rings. The summed E-state index contributed by atoms with van der Waals surface area (Å²) in [5, 5.41) is 9.16. The summed E-state index contributed by atoms with van der Waals surface area (Å²) in [6, 6.07) is 5.43. The Morgan fingerprint density at radius 3 is 2.95 bits per heavy atom. The van der Waals surface area contributed by atoms with Crippen LogP contribution in [-0.4, -0.2) is 54.8 Å². The number of nitrogens with zero attached hydrogens (tertiary/aromatic N) is 1. The predicted molar refractivity (Wildman–Crippen MR) is 78.1 cm³/mol. The molecule has 1 aromatic rings. The first-order valence-corrected chi connectivity index (χ1v) is 7.50. The fourth-order valence-corrected chi connectivity index (χ4v) is 2.82. The minimum absolute atomic E-state index is 0.148. The van der Waals surface area contributed by atoms with Gasteiger partial charge in [0.1, 0.15) is 5.75 Å². The zero-order valence-electron chi connectivity index (χ0n) is 12.3. The average Bonchev–Trinajstić information content (AvgIpc) is 2.80. The molecule has 0 aromatic heterocycles. The molecule has 22 heavy (non-hydrogen) atoms. The maximum Gasteiger partial charge on any atom is 0.310 e. The number of fused-ring (bicyclic) bond motifs is 1. The lowest BCUT2D eigenvalue weighted by Gasteiger charge is -2.23. The van der Waals surface area contributed by atoms with E-state index in [0.717, 1.165) is 24.2 Å². The van der Waals surface area contributed by atoms with E-state index in [-0.39, 0.29) is 19.1 Å². The summed E-state index contributed by atoms with van der Waals surface area (Å²) in [7, 11) is 0. The third kappa shape index (κ3) is 3.06. The first kappa shape index (κ1) is 14.8. The number of hydrogen-bond donors (Lipinski definition) is 1. The number of benzene rings is 1. The number of aliphatic carboxylic acids is 1. The number of carboxylic acid groups (broad SMARTS) is 1. The Bertz CT molecular complexity index is 586. The Balaban J connectivity index is 1.78. The standard InChI is InChI=1S/C16H19NO5/c18-15(17-5-7-21-10-13(9-17)16(19)20)12-3-4-14-11(8-12)2-1-6-22-14/h3-4,8,13H,1-2,5-7,9-10H2,(H,19,20). The normalized spacial score (nSPS) is 21.5. The molecule has 1 N–H and O–H groups in total. The second kappa shape index (κ2) is 6.36. The molecule has 6 nitrogen and oxygen atoms in total. The Hall–Kier alpha value is -2.08. The van der Waals surface area contributed by atoms with Gasteiger partial charge in [0.05, 0.1) is 25.7 Å². The summed E-state index contributed by atoms with van der Waals surface area (Å²) in [6.45, 7) is 1.82. The number of rotatable bonds is 2. The van der Waals surface area contributed by atoms with Crippen molar-refractivity contribution < 1.29 is 24.2 Å². The van der Waals surface area contributed by atoms with Gasteiger partial charge in [-0.2, -0.15) is 0 Å². The van der Waals surface area contributed by atoms with Gasteiger partial charge in [0.25, 0.3) is 5.91 Å². The fourth-order valence-electron chi connectivity index (χ4n) is 2.82. The Morgan fingerprint density at radius 1 is 1.27 bits per heavy atom. The predicted octanol–water partition coefficient (Wildman–Crippen LogP) is 1.18. The molecule has 1 aromatic carbocycles. The Morgan fingerprint density at radius 2 is 2.14 bits per heavy atom. The van der Waals surface area contributed by atoms with Crippen molar-refractivity contribution in [2.45, 2.75) is 12.8 Å². The van der Waals surface area contributed by atoms with Crippen LogP contribution in [0.1, 0.15) is 22.3 Å². The third-order valence-corrected chi connectivity index (χ3v) is 4.06. The quantitative estimate of drug-likeness (QED) is 0.888. The highest BCUT2D eigenvalue weighted by molar-refractivity contribution is 5.95. The summed E-state index contributed by atoms with van der Waals surface area (Å²) >= 11 is 0. The summed E-state index contributed by atoms with van der Waals surface area (Å²) in [5.41, 5.74) is 1.62. The average molecular weight is 305 g/mol. The summed E-state index contributed by atoms with van der Waals surface area (Å²) < 4.78 is 10.8. The molecule has 118 valence electrons. The smallest absolute Gasteiger partial charge is 0.310 e. The summed E-state index contributed by atoms with van der Waals surface area (Å²) in [4.78, 5) is 25.4. The molecule has 2 aliphatic rings. The van der Waals surface area contributed by atoms with Gasteiger partial charge >= 0.3 is 5.97 Å². The van der Waals surface area contributed by atoms with E-state index < -0.39 is 11.9 Å². The number of carbonyl (C=O) groups excluding carboxylic acids is 1. The van der Waals surface area contributed by atoms with E-state index in [1.807, 2.05) is 12.1 Å². The van der Waals surface area contributed by atoms with Crippen molar-refractivity contribution in [3.8, 4) is 5.75 Å². The molecular formula is C16H19NO5. The van der Waals surface area contributed by atoms with Crippen LogP contribution in [0.15, 0.2) is 18.2 Å². The van der Waals surface area contributed by atoms with Crippen molar-refractivity contribution in [3.05, 3.63) is 29.3 Å². The molecule has 2 aliphatic heterocycles. The minimum atomic E-state index is -0.932. The lowest BCUT2D eigenvalue weighted by molar-refractivity contribution is -0.143. The van der Waals surface area contributed by atoms with E-state index in [1.54, 1.807) is 11.0 Å². The van der Waals surface area contributed by atoms with E-state index in [0.29, 0.717) is 25.3 Å². The van der Waals surface area contributed by atoms with Crippen LogP contribution in [0.25, 0.3) is 0 Å². The highest BCUT2D eigenvalue weighted by atomic mass is 16.5. The van der Waals surface area contributed by atoms with Crippen molar-refractivity contribution in [1.82, 2.24) is 4.90 Å². The number of hydrogen-bond acceptors (Lipinski definition) is 4. The first-order chi connectivity index (χ1) is 10.6. The molecule has 6 heteroatoms. The van der Waals surface area contributed by atoms with Crippen LogP contribution in [0.2, 0.25) is 0 Å². The monoisotopic (exact) mass is 305 g/mol. The van der Waals surface area contributed by atoms with Crippen LogP contribution >= 0.6 is 0 Å². The number of carboxylic acids is 1. The van der Waals surface area contributed by atoms with Crippen molar-refractivity contribution >= 4 is 11.9 Å². The van der Waals surface area contributed by atoms with Crippen LogP contribution < -0.4 is 4.74 Å². The Kier molecular flexibility index (Phi) is 4.29. The largest absolute Gasteiger partial charge is 0.493 e. The molecule has 1 unspecified atom stereocenters. The van der Waals surface area contributed by atoms with Crippen molar-refractivity contribution in [3.63, 3.8) is 0 Å². The van der Waals surface area contributed by atoms with Gasteiger partial charge in [-0.1, -0.05) is 0 Å². The highest BCUT2D eigenvalue weighted by Crippen LogP contribution is 2.26. The molecule has 1 atom stereocenters. The molecule has 3 rings (SSSR count). The number of amides is 1. The van der Waals surface area contributed by atoms with Crippen LogP contribution in [0.5, 0.6) is 5.75 Å². The molecule has 2 heterocycles. The topological polar surface area (TPSA) is 76.1 Å². The van der Waals surface area contributed by atoms with Gasteiger partial charge in [-0.05, 0) is 36.6 Å². The molecular weight excluding hydrogens is 286 g/mol. The molecule has 0 spiro atoms. The summed E-state index contributed by atoms with van der Waals surface area (Å²) in [5.74, 6) is -0.915. The van der Waals surface area contributed by atoms with E-state index in [1.165, 1.54) is 0 Å². The minimum Gasteiger partial charge on any atom is -0.493 e. The van der Waals surface area contributed by atoms with Gasteiger partial charge in [-0.15, -0.1) is 0 Å². The second-order valence-corrected chi connectivity index (χ2v) is 5.64. The van der Waals surface area contributed by atoms with E-state index in [9.17, 15) is 9.59 Å². The zero-order valence-corrected chi connectivity index (χ0v) is 12.3. The van der Waals surface area contributed by atoms with Crippen LogP contribution in [0.4, 0.5) is 0 Å². The van der Waals surface area contributed by atoms with Gasteiger partial charge in [0, 0.05) is 18.7 Å². The van der Waals surface area contributed by atoms with Gasteiger partial charge in [0.15, 0.2) is 0 Å². The molecule has 1 saturated heterocycles. The molecule has 0 saturated carbocycles. The van der Waals surface area contributed by atoms with Crippen molar-refractivity contribution in [2.24, 2.45) is 5.92 Å². The highest BCUT2D eigenvalue weighted by Gasteiger charge is 2.28. The van der Waals surface area contributed by atoms with Gasteiger partial charge in [0.2, 0.25) is 0 Å². The molecule has 1 amide bonds. The maximum absolute atomic E-state index is 12.6. The second-order valence-electron chi connectivity index (χ2n) is 5.64. The zero-order chi connectivity index (χ0) is 15.5. The van der Waals surface area contributed by atoms with Crippen molar-refractivity contribution in [2.75, 3.05) is 32.9 Å². The maximum atomic E-state index is 12.6. The van der Waals surface area contributed by atoms with Gasteiger partial charge in [-0.3, -0.25) is 9.59 Å².